The maximum atomic E-state index is 10.3. The zero-order valence-electron chi connectivity index (χ0n) is 15.2. The zero-order valence-corrected chi connectivity index (χ0v) is 15.2. The van der Waals surface area contributed by atoms with Crippen LogP contribution >= 0.6 is 0 Å². The van der Waals surface area contributed by atoms with E-state index in [2.05, 4.69) is 48.7 Å². The number of aliphatic hydroxyl groups is 1. The van der Waals surface area contributed by atoms with Gasteiger partial charge in [-0.15, -0.1) is 0 Å². The summed E-state index contributed by atoms with van der Waals surface area (Å²) in [7, 11) is 2.06. The molecule has 0 aromatic carbocycles. The first kappa shape index (κ1) is 19.2. The van der Waals surface area contributed by atoms with Crippen LogP contribution < -0.4 is 0 Å². The standard InChI is InChI=1S/C18H34N2O2/c1-15(2)9-11-20(12-16-8-7-10-19(16)6)13-17(21)14-22-18(3,4)5/h7-8,10,15,17,21H,9,11-14H2,1-6H3. The molecule has 1 aromatic rings. The van der Waals surface area contributed by atoms with Crippen LogP contribution in [-0.2, 0) is 18.3 Å². The van der Waals surface area contributed by atoms with E-state index in [1.165, 1.54) is 5.69 Å². The average Bonchev–Trinajstić information content (AvgIpc) is 2.78. The van der Waals surface area contributed by atoms with E-state index >= 15 is 0 Å². The van der Waals surface area contributed by atoms with Gasteiger partial charge >= 0.3 is 0 Å². The molecule has 0 saturated carbocycles. The molecule has 1 heterocycles. The summed E-state index contributed by atoms with van der Waals surface area (Å²) >= 11 is 0. The Hall–Kier alpha value is -0.840. The monoisotopic (exact) mass is 310 g/mol. The van der Waals surface area contributed by atoms with E-state index < -0.39 is 6.10 Å². The number of rotatable bonds is 9. The lowest BCUT2D eigenvalue weighted by molar-refractivity contribution is -0.0569. The summed E-state index contributed by atoms with van der Waals surface area (Å²) in [6.45, 7) is 13.4. The highest BCUT2D eigenvalue weighted by Gasteiger charge is 2.17. The van der Waals surface area contributed by atoms with Crippen LogP contribution in [0.15, 0.2) is 18.3 Å². The summed E-state index contributed by atoms with van der Waals surface area (Å²) in [6.07, 6.45) is 2.75. The second-order valence-corrected chi connectivity index (χ2v) is 7.61. The SMILES string of the molecule is CC(C)CCN(Cc1cccn1C)CC(O)COC(C)(C)C. The van der Waals surface area contributed by atoms with Gasteiger partial charge in [-0.2, -0.15) is 0 Å². The predicted octanol–water partition coefficient (Wildman–Crippen LogP) is 3.05. The Morgan fingerprint density at radius 1 is 1.32 bits per heavy atom. The molecule has 0 saturated heterocycles. The number of aryl methyl sites for hydroxylation is 1. The molecule has 0 aliphatic carbocycles. The molecule has 1 N–H and O–H groups in total. The fourth-order valence-electron chi connectivity index (χ4n) is 2.26. The molecule has 0 aliphatic heterocycles. The molecule has 4 nitrogen and oxygen atoms in total. The van der Waals surface area contributed by atoms with Crippen LogP contribution in [0.1, 0.15) is 46.7 Å². The Labute approximate surface area is 136 Å². The minimum atomic E-state index is -0.452. The van der Waals surface area contributed by atoms with Crippen LogP contribution in [0.25, 0.3) is 0 Å². The Morgan fingerprint density at radius 3 is 2.50 bits per heavy atom. The number of hydrogen-bond donors (Lipinski definition) is 1. The maximum Gasteiger partial charge on any atom is 0.0900 e. The summed E-state index contributed by atoms with van der Waals surface area (Å²) in [5.74, 6) is 0.666. The molecule has 0 radical (unpaired) electrons. The van der Waals surface area contributed by atoms with E-state index in [0.717, 1.165) is 19.5 Å². The van der Waals surface area contributed by atoms with E-state index in [1.807, 2.05) is 20.8 Å². The first-order chi connectivity index (χ1) is 10.2. The van der Waals surface area contributed by atoms with Crippen molar-refractivity contribution in [2.45, 2.75) is 59.3 Å². The Morgan fingerprint density at radius 2 is 2.00 bits per heavy atom. The molecule has 0 spiro atoms. The van der Waals surface area contributed by atoms with Crippen molar-refractivity contribution >= 4 is 0 Å². The molecule has 0 amide bonds. The summed E-state index contributed by atoms with van der Waals surface area (Å²) in [4.78, 5) is 2.33. The number of aliphatic hydroxyl groups excluding tert-OH is 1. The summed E-state index contributed by atoms with van der Waals surface area (Å²) in [5.41, 5.74) is 1.06. The highest BCUT2D eigenvalue weighted by molar-refractivity contribution is 5.06. The Bertz CT molecular complexity index is 421. The van der Waals surface area contributed by atoms with Gasteiger partial charge in [0, 0.05) is 32.0 Å². The molecule has 0 bridgehead atoms. The van der Waals surface area contributed by atoms with Gasteiger partial charge in [-0.05, 0) is 51.8 Å². The zero-order chi connectivity index (χ0) is 16.8. The summed E-state index contributed by atoms with van der Waals surface area (Å²) < 4.78 is 7.83. The predicted molar refractivity (Wildman–Crippen MR) is 91.9 cm³/mol. The molecule has 4 heteroatoms. The second-order valence-electron chi connectivity index (χ2n) is 7.61. The van der Waals surface area contributed by atoms with Gasteiger partial charge in [0.25, 0.3) is 0 Å². The molecule has 1 rings (SSSR count). The highest BCUT2D eigenvalue weighted by Crippen LogP contribution is 2.11. The fourth-order valence-corrected chi connectivity index (χ4v) is 2.26. The summed E-state index contributed by atoms with van der Waals surface area (Å²) in [6, 6.07) is 4.20. The van der Waals surface area contributed by atoms with E-state index in [-0.39, 0.29) is 5.60 Å². The molecule has 0 fully saturated rings. The number of aromatic nitrogens is 1. The molecule has 1 aromatic heterocycles. The first-order valence-corrected chi connectivity index (χ1v) is 8.32. The van der Waals surface area contributed by atoms with E-state index in [4.69, 9.17) is 4.74 Å². The fraction of sp³-hybridized carbons (Fsp3) is 0.778. The van der Waals surface area contributed by atoms with Gasteiger partial charge in [-0.25, -0.2) is 0 Å². The van der Waals surface area contributed by atoms with Gasteiger partial charge in [0.05, 0.1) is 18.3 Å². The van der Waals surface area contributed by atoms with Gasteiger partial charge in [-0.3, -0.25) is 4.90 Å². The summed E-state index contributed by atoms with van der Waals surface area (Å²) in [5, 5.41) is 10.3. The minimum Gasteiger partial charge on any atom is -0.389 e. The van der Waals surface area contributed by atoms with Gasteiger partial charge in [0.2, 0.25) is 0 Å². The third-order valence-corrected chi connectivity index (χ3v) is 3.64. The normalized spacial score (nSPS) is 14.0. The third kappa shape index (κ3) is 7.97. The number of hydrogen-bond acceptors (Lipinski definition) is 3. The average molecular weight is 310 g/mol. The largest absolute Gasteiger partial charge is 0.389 e. The van der Waals surface area contributed by atoms with Crippen molar-refractivity contribution in [2.75, 3.05) is 19.7 Å². The van der Waals surface area contributed by atoms with Crippen molar-refractivity contribution < 1.29 is 9.84 Å². The molecular weight excluding hydrogens is 276 g/mol. The highest BCUT2D eigenvalue weighted by atomic mass is 16.5. The second kappa shape index (κ2) is 8.70. The number of nitrogens with zero attached hydrogens (tertiary/aromatic N) is 2. The molecule has 1 atom stereocenters. The molecule has 128 valence electrons. The Kier molecular flexibility index (Phi) is 7.60. The lowest BCUT2D eigenvalue weighted by Gasteiger charge is -2.28. The third-order valence-electron chi connectivity index (χ3n) is 3.64. The molecule has 1 unspecified atom stereocenters. The molecular formula is C18H34N2O2. The topological polar surface area (TPSA) is 37.6 Å². The van der Waals surface area contributed by atoms with Crippen LogP contribution in [0.4, 0.5) is 0 Å². The Balaban J connectivity index is 2.55. The van der Waals surface area contributed by atoms with Gasteiger partial charge < -0.3 is 14.4 Å². The number of ether oxygens (including phenoxy) is 1. The van der Waals surface area contributed by atoms with Crippen LogP contribution in [-0.4, -0.2) is 46.0 Å². The van der Waals surface area contributed by atoms with E-state index in [0.29, 0.717) is 19.1 Å². The first-order valence-electron chi connectivity index (χ1n) is 8.32. The van der Waals surface area contributed by atoms with Crippen LogP contribution in [0, 0.1) is 5.92 Å². The van der Waals surface area contributed by atoms with Gasteiger partial charge in [0.15, 0.2) is 0 Å². The smallest absolute Gasteiger partial charge is 0.0900 e. The van der Waals surface area contributed by atoms with Crippen LogP contribution in [0.2, 0.25) is 0 Å². The van der Waals surface area contributed by atoms with Gasteiger partial charge in [0.1, 0.15) is 0 Å². The van der Waals surface area contributed by atoms with Crippen molar-refractivity contribution in [3.63, 3.8) is 0 Å². The van der Waals surface area contributed by atoms with Crippen molar-refractivity contribution in [1.82, 2.24) is 9.47 Å². The molecule has 22 heavy (non-hydrogen) atoms. The van der Waals surface area contributed by atoms with Crippen LogP contribution in [0.5, 0.6) is 0 Å². The lowest BCUT2D eigenvalue weighted by atomic mass is 10.1. The maximum absolute atomic E-state index is 10.3. The van der Waals surface area contributed by atoms with Crippen LogP contribution in [0.3, 0.4) is 0 Å². The molecule has 0 aliphatic rings. The minimum absolute atomic E-state index is 0.206. The van der Waals surface area contributed by atoms with Crippen molar-refractivity contribution in [1.29, 1.82) is 0 Å². The van der Waals surface area contributed by atoms with E-state index in [9.17, 15) is 5.11 Å². The lowest BCUT2D eigenvalue weighted by Crippen LogP contribution is -2.37. The van der Waals surface area contributed by atoms with Gasteiger partial charge in [-0.1, -0.05) is 13.8 Å². The quantitative estimate of drug-likeness (QED) is 0.762. The van der Waals surface area contributed by atoms with Crippen molar-refractivity contribution in [3.05, 3.63) is 24.0 Å². The van der Waals surface area contributed by atoms with Crippen molar-refractivity contribution in [3.8, 4) is 0 Å². The van der Waals surface area contributed by atoms with E-state index in [1.54, 1.807) is 0 Å². The van der Waals surface area contributed by atoms with Crippen molar-refractivity contribution in [2.24, 2.45) is 13.0 Å².